The normalized spacial score (nSPS) is 12.4. The Hall–Kier alpha value is -3.31. The van der Waals surface area contributed by atoms with Crippen LogP contribution < -0.4 is 10.1 Å². The maximum atomic E-state index is 13.7. The van der Waals surface area contributed by atoms with Gasteiger partial charge in [0.15, 0.2) is 0 Å². The molecule has 0 aromatic heterocycles. The van der Waals surface area contributed by atoms with Crippen molar-refractivity contribution in [2.45, 2.75) is 65.1 Å². The van der Waals surface area contributed by atoms with Crippen molar-refractivity contribution in [1.82, 2.24) is 10.2 Å². The summed E-state index contributed by atoms with van der Waals surface area (Å²) in [4.78, 5) is 28.9. The van der Waals surface area contributed by atoms with Crippen LogP contribution in [-0.2, 0) is 22.6 Å². The maximum Gasteiger partial charge on any atom is 0.243 e. The molecular weight excluding hydrogens is 484 g/mol. The smallest absolute Gasteiger partial charge is 0.243 e. The number of carbonyl (C=O) groups is 2. The lowest BCUT2D eigenvalue weighted by Gasteiger charge is -2.32. The van der Waals surface area contributed by atoms with Crippen molar-refractivity contribution in [3.8, 4) is 5.75 Å². The molecule has 6 heteroatoms. The molecule has 2 amide bonds. The molecule has 0 heterocycles. The third kappa shape index (κ3) is 9.25. The highest BCUT2D eigenvalue weighted by Gasteiger charge is 2.30. The Morgan fingerprint density at radius 2 is 1.68 bits per heavy atom. The predicted octanol–water partition coefficient (Wildman–Crippen LogP) is 6.36. The average molecular weight is 521 g/mol. The third-order valence-electron chi connectivity index (χ3n) is 6.32. The summed E-state index contributed by atoms with van der Waals surface area (Å²) >= 11 is 5.94. The summed E-state index contributed by atoms with van der Waals surface area (Å²) in [6.07, 6.45) is 2.08. The van der Waals surface area contributed by atoms with Crippen LogP contribution in [0, 0.1) is 6.92 Å². The van der Waals surface area contributed by atoms with Crippen LogP contribution in [0.15, 0.2) is 78.9 Å². The third-order valence-corrected chi connectivity index (χ3v) is 6.58. The number of aryl methyl sites for hydroxylation is 1. The molecule has 0 radical (unpaired) electrons. The van der Waals surface area contributed by atoms with Gasteiger partial charge >= 0.3 is 0 Å². The van der Waals surface area contributed by atoms with E-state index in [1.165, 1.54) is 0 Å². The minimum absolute atomic E-state index is 0.0227. The lowest BCUT2D eigenvalue weighted by molar-refractivity contribution is -0.141. The zero-order chi connectivity index (χ0) is 26.6. The van der Waals surface area contributed by atoms with Gasteiger partial charge in [-0.25, -0.2) is 0 Å². The molecule has 0 aliphatic carbocycles. The number of halogens is 1. The van der Waals surface area contributed by atoms with Crippen LogP contribution in [0.4, 0.5) is 0 Å². The largest absolute Gasteiger partial charge is 0.494 e. The van der Waals surface area contributed by atoms with E-state index < -0.39 is 6.04 Å². The molecule has 0 bridgehead atoms. The molecule has 196 valence electrons. The Balaban J connectivity index is 1.79. The Kier molecular flexibility index (Phi) is 11.0. The van der Waals surface area contributed by atoms with E-state index in [9.17, 15) is 9.59 Å². The van der Waals surface area contributed by atoms with Gasteiger partial charge in [-0.15, -0.1) is 0 Å². The van der Waals surface area contributed by atoms with Crippen LogP contribution in [-0.4, -0.2) is 35.4 Å². The first-order valence-corrected chi connectivity index (χ1v) is 13.3. The van der Waals surface area contributed by atoms with E-state index in [4.69, 9.17) is 16.3 Å². The van der Waals surface area contributed by atoms with E-state index in [0.29, 0.717) is 36.8 Å². The van der Waals surface area contributed by atoms with Crippen molar-refractivity contribution >= 4 is 23.4 Å². The van der Waals surface area contributed by atoms with Crippen molar-refractivity contribution < 1.29 is 14.3 Å². The Morgan fingerprint density at radius 1 is 0.973 bits per heavy atom. The van der Waals surface area contributed by atoms with E-state index in [2.05, 4.69) is 11.4 Å². The number of ether oxygens (including phenoxy) is 1. The van der Waals surface area contributed by atoms with Gasteiger partial charge in [-0.3, -0.25) is 9.59 Å². The van der Waals surface area contributed by atoms with Gasteiger partial charge in [-0.05, 0) is 62.1 Å². The van der Waals surface area contributed by atoms with E-state index in [1.54, 1.807) is 17.0 Å². The van der Waals surface area contributed by atoms with Crippen molar-refractivity contribution in [3.05, 3.63) is 101 Å². The predicted molar refractivity (Wildman–Crippen MR) is 150 cm³/mol. The van der Waals surface area contributed by atoms with Crippen molar-refractivity contribution in [3.63, 3.8) is 0 Å². The molecule has 3 rings (SSSR count). The number of carbonyl (C=O) groups excluding carboxylic acids is 2. The van der Waals surface area contributed by atoms with Gasteiger partial charge in [-0.1, -0.05) is 78.7 Å². The van der Waals surface area contributed by atoms with Crippen molar-refractivity contribution in [2.24, 2.45) is 0 Å². The molecule has 2 atom stereocenters. The molecule has 0 aliphatic rings. The summed E-state index contributed by atoms with van der Waals surface area (Å²) < 4.78 is 5.79. The zero-order valence-electron chi connectivity index (χ0n) is 22.0. The minimum Gasteiger partial charge on any atom is -0.494 e. The molecule has 1 N–H and O–H groups in total. The SMILES string of the molecule is CC[C@@H](C)NC(=O)[C@@H](Cc1ccccc1)N(Cc1cccc(C)c1)C(=O)CCCOc1ccc(Cl)cc1. The highest BCUT2D eigenvalue weighted by atomic mass is 35.5. The molecule has 3 aromatic carbocycles. The molecule has 0 saturated heterocycles. The molecule has 0 spiro atoms. The lowest BCUT2D eigenvalue weighted by Crippen LogP contribution is -2.52. The van der Waals surface area contributed by atoms with Crippen LogP contribution in [0.3, 0.4) is 0 Å². The van der Waals surface area contributed by atoms with E-state index in [-0.39, 0.29) is 24.3 Å². The molecule has 37 heavy (non-hydrogen) atoms. The zero-order valence-corrected chi connectivity index (χ0v) is 22.7. The average Bonchev–Trinajstić information content (AvgIpc) is 2.90. The number of nitrogens with zero attached hydrogens (tertiary/aromatic N) is 1. The maximum absolute atomic E-state index is 13.7. The van der Waals surface area contributed by atoms with Crippen LogP contribution in [0.25, 0.3) is 0 Å². The molecule has 5 nitrogen and oxygen atoms in total. The Bertz CT molecular complexity index is 1130. The second-order valence-electron chi connectivity index (χ2n) is 9.44. The quantitative estimate of drug-likeness (QED) is 0.267. The Morgan fingerprint density at radius 3 is 2.35 bits per heavy atom. The number of hydrogen-bond donors (Lipinski definition) is 1. The molecule has 3 aromatic rings. The van der Waals surface area contributed by atoms with Crippen molar-refractivity contribution in [1.29, 1.82) is 0 Å². The molecular formula is C31H37ClN2O3. The summed E-state index contributed by atoms with van der Waals surface area (Å²) in [5.74, 6) is 0.515. The first-order chi connectivity index (χ1) is 17.9. The van der Waals surface area contributed by atoms with Gasteiger partial charge in [-0.2, -0.15) is 0 Å². The van der Waals surface area contributed by atoms with E-state index in [0.717, 1.165) is 23.1 Å². The van der Waals surface area contributed by atoms with Gasteiger partial charge in [0.25, 0.3) is 0 Å². The fourth-order valence-corrected chi connectivity index (χ4v) is 4.22. The van der Waals surface area contributed by atoms with Crippen LogP contribution in [0.1, 0.15) is 49.8 Å². The van der Waals surface area contributed by atoms with Crippen LogP contribution >= 0.6 is 11.6 Å². The van der Waals surface area contributed by atoms with Gasteiger partial charge < -0.3 is 15.0 Å². The molecule has 0 unspecified atom stereocenters. The number of amides is 2. The second-order valence-corrected chi connectivity index (χ2v) is 9.88. The standard InChI is InChI=1S/C31H37ClN2O3/c1-4-24(3)33-31(36)29(21-25-11-6-5-7-12-25)34(22-26-13-8-10-23(2)20-26)30(35)14-9-19-37-28-17-15-27(32)16-18-28/h5-8,10-13,15-18,20,24,29H,4,9,14,19,21-22H2,1-3H3,(H,33,36)/t24-,29-/m1/s1. The summed E-state index contributed by atoms with van der Waals surface area (Å²) in [6, 6.07) is 24.5. The molecule has 0 saturated carbocycles. The van der Waals surface area contributed by atoms with Gasteiger partial charge in [0.2, 0.25) is 11.8 Å². The second kappa shape index (κ2) is 14.4. The fourth-order valence-electron chi connectivity index (χ4n) is 4.09. The van der Waals surface area contributed by atoms with E-state index in [1.807, 2.05) is 81.4 Å². The minimum atomic E-state index is -0.624. The van der Waals surface area contributed by atoms with Crippen LogP contribution in [0.5, 0.6) is 5.75 Å². The number of benzene rings is 3. The number of hydrogen-bond acceptors (Lipinski definition) is 3. The molecule has 0 fully saturated rings. The highest BCUT2D eigenvalue weighted by molar-refractivity contribution is 6.30. The summed E-state index contributed by atoms with van der Waals surface area (Å²) in [6.45, 7) is 6.81. The van der Waals surface area contributed by atoms with Crippen molar-refractivity contribution in [2.75, 3.05) is 6.61 Å². The van der Waals surface area contributed by atoms with E-state index >= 15 is 0 Å². The van der Waals surface area contributed by atoms with Gasteiger partial charge in [0, 0.05) is 30.5 Å². The highest BCUT2D eigenvalue weighted by Crippen LogP contribution is 2.19. The number of nitrogens with one attached hydrogen (secondary N) is 1. The van der Waals surface area contributed by atoms with Gasteiger partial charge in [0.05, 0.1) is 6.61 Å². The van der Waals surface area contributed by atoms with Gasteiger partial charge in [0.1, 0.15) is 11.8 Å². The topological polar surface area (TPSA) is 58.6 Å². The lowest BCUT2D eigenvalue weighted by atomic mass is 10.0. The number of rotatable bonds is 13. The van der Waals surface area contributed by atoms with Crippen LogP contribution in [0.2, 0.25) is 5.02 Å². The first-order valence-electron chi connectivity index (χ1n) is 12.9. The summed E-state index contributed by atoms with van der Waals surface area (Å²) in [5.41, 5.74) is 3.13. The monoisotopic (exact) mass is 520 g/mol. The summed E-state index contributed by atoms with van der Waals surface area (Å²) in [5, 5.41) is 3.76. The summed E-state index contributed by atoms with van der Waals surface area (Å²) in [7, 11) is 0. The molecule has 0 aliphatic heterocycles. The fraction of sp³-hybridized carbons (Fsp3) is 0.355. The first kappa shape index (κ1) is 28.3. The Labute approximate surface area is 225 Å².